The fourth-order valence-electron chi connectivity index (χ4n) is 5.86. The van der Waals surface area contributed by atoms with Crippen LogP contribution in [0.4, 0.5) is 0 Å². The van der Waals surface area contributed by atoms with Crippen LogP contribution in [0.25, 0.3) is 0 Å². The predicted octanol–water partition coefficient (Wildman–Crippen LogP) is -3.96. The first-order valence-corrected chi connectivity index (χ1v) is 29.1. The lowest BCUT2D eigenvalue weighted by Gasteiger charge is -2.17. The summed E-state index contributed by atoms with van der Waals surface area (Å²) in [6, 6.07) is 80.0. The summed E-state index contributed by atoms with van der Waals surface area (Å²) in [5.41, 5.74) is 0. The van der Waals surface area contributed by atoms with E-state index in [-0.39, 0.29) is 43.0 Å². The lowest BCUT2D eigenvalue weighted by molar-refractivity contribution is -2.00. The number of hydrogen-bond acceptors (Lipinski definition) is 14. The molecule has 0 aliphatic heterocycles. The van der Waals surface area contributed by atoms with Crippen LogP contribution in [0.1, 0.15) is 0 Å². The van der Waals surface area contributed by atoms with Gasteiger partial charge in [-0.15, -0.1) is 30.7 Å². The SMILES string of the molecule is [O-][Cl+3]([O-])([O-])[O-].[O-][Cl+3]([O-])([O-])[O-].[O-][Cl+3]([O-])([O-])[O-].c1ccc([S+](c2ccccc2)c2ccc(Sc3ccc([I+]c4ccc(Sc5ccc([S+](c6ccccc6)c6ccccc6)cc5)cc4)cc3)cc2)cc1. The van der Waals surface area contributed by atoms with Crippen molar-refractivity contribution in [2.24, 2.45) is 0 Å². The Morgan fingerprint density at radius 2 is 0.426 bits per heavy atom. The van der Waals surface area contributed by atoms with Crippen molar-refractivity contribution in [3.8, 4) is 0 Å². The highest BCUT2D eigenvalue weighted by Crippen LogP contribution is 2.35. The van der Waals surface area contributed by atoms with E-state index in [9.17, 15) is 0 Å². The molecule has 0 N–H and O–H groups in total. The molecule has 0 saturated heterocycles. The molecule has 0 aliphatic carbocycles. The van der Waals surface area contributed by atoms with Crippen molar-refractivity contribution in [2.45, 2.75) is 49.0 Å². The van der Waals surface area contributed by atoms with Crippen molar-refractivity contribution in [1.29, 1.82) is 0 Å². The van der Waals surface area contributed by atoms with E-state index < -0.39 is 30.7 Å². The Balaban J connectivity index is 0.000000503. The van der Waals surface area contributed by atoms with Crippen LogP contribution in [-0.2, 0) is 21.8 Å². The number of halogens is 4. The summed E-state index contributed by atoms with van der Waals surface area (Å²) < 4.78 is 105. The van der Waals surface area contributed by atoms with Crippen LogP contribution in [0.2, 0.25) is 0 Å². The second-order valence-corrected chi connectivity index (χ2v) is 24.8. The van der Waals surface area contributed by atoms with Gasteiger partial charge in [0, 0.05) is 19.6 Å². The number of rotatable bonds is 12. The summed E-state index contributed by atoms with van der Waals surface area (Å²) in [6.07, 6.45) is 0. The predicted molar refractivity (Wildman–Crippen MR) is 222 cm³/mol. The maximum Gasteiger partial charge on any atom is 0.357 e. The fourth-order valence-corrected chi connectivity index (χ4v) is 13.8. The minimum absolute atomic E-state index is 0.126. The molecule has 0 bridgehead atoms. The maximum atomic E-state index is 8.49. The van der Waals surface area contributed by atoms with Crippen molar-refractivity contribution in [1.82, 2.24) is 0 Å². The first-order chi connectivity index (χ1) is 32.2. The van der Waals surface area contributed by atoms with Gasteiger partial charge < -0.3 is 0 Å². The zero-order valence-electron chi connectivity index (χ0n) is 34.8. The third-order valence-corrected chi connectivity index (χ3v) is 17.5. The van der Waals surface area contributed by atoms with E-state index in [1.807, 2.05) is 23.5 Å². The van der Waals surface area contributed by atoms with Gasteiger partial charge in [0.2, 0.25) is 0 Å². The summed E-state index contributed by atoms with van der Waals surface area (Å²) in [7, 11) is -15.1. The molecule has 0 aliphatic rings. The molecule has 68 heavy (non-hydrogen) atoms. The number of hydrogen-bond donors (Lipinski definition) is 0. The average molecular weight is 1170 g/mol. The van der Waals surface area contributed by atoms with Crippen molar-refractivity contribution in [2.75, 3.05) is 0 Å². The van der Waals surface area contributed by atoms with Crippen LogP contribution < -0.4 is 77.1 Å². The van der Waals surface area contributed by atoms with Crippen LogP contribution in [0, 0.1) is 37.9 Å². The molecular formula is C48H36Cl3IO12S4. The zero-order chi connectivity index (χ0) is 49.2. The van der Waals surface area contributed by atoms with E-state index in [2.05, 4.69) is 218 Å². The molecule has 0 saturated carbocycles. The molecule has 20 heteroatoms. The Morgan fingerprint density at radius 1 is 0.250 bits per heavy atom. The van der Waals surface area contributed by atoms with Crippen molar-refractivity contribution in [3.05, 3.63) is 226 Å². The van der Waals surface area contributed by atoms with Gasteiger partial charge in [-0.05, 0) is 146 Å². The van der Waals surface area contributed by atoms with Crippen LogP contribution in [0.3, 0.4) is 0 Å². The first kappa shape index (κ1) is 55.2. The van der Waals surface area contributed by atoms with Gasteiger partial charge in [-0.2, -0.15) is 0 Å². The van der Waals surface area contributed by atoms with Crippen LogP contribution in [-0.4, -0.2) is 0 Å². The molecule has 0 amide bonds. The molecule has 8 rings (SSSR count). The summed E-state index contributed by atoms with van der Waals surface area (Å²) in [6.45, 7) is 0. The third kappa shape index (κ3) is 21.5. The molecule has 0 fully saturated rings. The van der Waals surface area contributed by atoms with E-state index in [4.69, 9.17) is 55.9 Å². The molecule has 0 aromatic heterocycles. The second kappa shape index (κ2) is 27.0. The van der Waals surface area contributed by atoms with Gasteiger partial charge in [0.15, 0.2) is 36.5 Å². The third-order valence-electron chi connectivity index (χ3n) is 8.35. The molecule has 0 atom stereocenters. The standard InChI is InChI=1S/C48H36IS4.3ClHO4/c1-5-13-43(14-6-1)52(44-15-7-2-8-16-44)47-33-29-41(30-34-47)50-39-25-21-37(22-26-39)49-38-23-27-40(28-24-38)51-42-31-35-48(36-32-42)53(45-17-9-3-10-18-45)46-19-11-4-12-20-46;3*2-1(3,4)5/h1-36H;3*(H,2,3,4,5)/q+3;;;/p-3. The topological polar surface area (TPSA) is 277 Å². The first-order valence-electron chi connectivity index (χ1n) is 19.2. The minimum atomic E-state index is -4.94. The van der Waals surface area contributed by atoms with Crippen molar-refractivity contribution in [3.63, 3.8) is 0 Å². The van der Waals surface area contributed by atoms with Crippen LogP contribution in [0.5, 0.6) is 0 Å². The average Bonchev–Trinajstić information content (AvgIpc) is 3.29. The highest BCUT2D eigenvalue weighted by molar-refractivity contribution is 7.99. The van der Waals surface area contributed by atoms with Gasteiger partial charge in [-0.3, -0.25) is 0 Å². The summed E-state index contributed by atoms with van der Waals surface area (Å²) >= 11 is 3.41. The van der Waals surface area contributed by atoms with E-state index in [0.29, 0.717) is 0 Å². The van der Waals surface area contributed by atoms with Gasteiger partial charge in [0.1, 0.15) is 0 Å². The Hall–Kier alpha value is -3.72. The van der Waals surface area contributed by atoms with Crippen LogP contribution in [0.15, 0.2) is 267 Å². The number of benzene rings is 8. The Kier molecular flexibility index (Phi) is 22.0. The van der Waals surface area contributed by atoms with E-state index >= 15 is 0 Å². The normalized spacial score (nSPS) is 11.4. The molecule has 8 aromatic carbocycles. The smallest absolute Gasteiger partial charge is 0.222 e. The van der Waals surface area contributed by atoms with Gasteiger partial charge in [0.05, 0.1) is 21.8 Å². The van der Waals surface area contributed by atoms with Crippen LogP contribution >= 0.6 is 23.5 Å². The highest BCUT2D eigenvalue weighted by atomic mass is 127. The molecule has 12 nitrogen and oxygen atoms in total. The van der Waals surface area contributed by atoms with Gasteiger partial charge in [-0.25, -0.2) is 55.9 Å². The second-order valence-electron chi connectivity index (χ2n) is 13.1. The van der Waals surface area contributed by atoms with Crippen molar-refractivity contribution >= 4 is 45.3 Å². The molecule has 0 unspecified atom stereocenters. The summed E-state index contributed by atoms with van der Waals surface area (Å²) in [4.78, 5) is 13.1. The Labute approximate surface area is 424 Å². The van der Waals surface area contributed by atoms with E-state index in [1.54, 1.807) is 0 Å². The summed E-state index contributed by atoms with van der Waals surface area (Å²) in [5, 5.41) is 0. The Bertz CT molecular complexity index is 2380. The lowest BCUT2D eigenvalue weighted by Crippen LogP contribution is -3.61. The quantitative estimate of drug-likeness (QED) is 0.0835. The molecular weight excluding hydrogens is 1130 g/mol. The Morgan fingerprint density at radius 3 is 0.632 bits per heavy atom. The van der Waals surface area contributed by atoms with Gasteiger partial charge >= 0.3 is 21.2 Å². The molecule has 352 valence electrons. The van der Waals surface area contributed by atoms with E-state index in [1.165, 1.54) is 56.1 Å². The van der Waals surface area contributed by atoms with Crippen molar-refractivity contribution < 1.29 is 108 Å². The maximum absolute atomic E-state index is 8.49. The largest absolute Gasteiger partial charge is 0.357 e. The zero-order valence-corrected chi connectivity index (χ0v) is 42.5. The highest BCUT2D eigenvalue weighted by Gasteiger charge is 2.29. The molecule has 0 radical (unpaired) electrons. The summed E-state index contributed by atoms with van der Waals surface area (Å²) in [5.74, 6) is 0. The van der Waals surface area contributed by atoms with Gasteiger partial charge in [-0.1, -0.05) is 96.3 Å². The van der Waals surface area contributed by atoms with E-state index in [0.717, 1.165) is 0 Å². The molecule has 8 aromatic rings. The fraction of sp³-hybridized carbons (Fsp3) is 0. The molecule has 0 heterocycles. The monoisotopic (exact) mass is 1160 g/mol. The molecule has 0 spiro atoms. The lowest BCUT2D eigenvalue weighted by atomic mass is 10.3. The minimum Gasteiger partial charge on any atom is -0.222 e. The van der Waals surface area contributed by atoms with Gasteiger partial charge in [0.25, 0.3) is 0 Å².